The van der Waals surface area contributed by atoms with Gasteiger partial charge in [0, 0.05) is 16.3 Å². The summed E-state index contributed by atoms with van der Waals surface area (Å²) in [5.41, 5.74) is 10.3. The molecular weight excluding hydrogens is 228 g/mol. The van der Waals surface area contributed by atoms with Crippen molar-refractivity contribution in [3.05, 3.63) is 47.2 Å². The number of benzene rings is 1. The normalized spacial score (nSPS) is 10.5. The lowest BCUT2D eigenvalue weighted by Gasteiger charge is -2.07. The molecule has 17 heavy (non-hydrogen) atoms. The predicted octanol–water partition coefficient (Wildman–Crippen LogP) is 3.74. The molecule has 0 spiro atoms. The maximum atomic E-state index is 5.96. The van der Waals surface area contributed by atoms with Crippen molar-refractivity contribution in [3.8, 4) is 0 Å². The van der Waals surface area contributed by atoms with Crippen LogP contribution in [0, 0.1) is 20.8 Å². The van der Waals surface area contributed by atoms with Gasteiger partial charge in [-0.25, -0.2) is 4.98 Å². The first kappa shape index (κ1) is 12.0. The summed E-state index contributed by atoms with van der Waals surface area (Å²) in [7, 11) is 0. The Morgan fingerprint density at radius 2 is 1.76 bits per heavy atom. The second-order valence-corrected chi connectivity index (χ2v) is 5.33. The Hall–Kier alpha value is -1.48. The molecule has 0 atom stereocenters. The number of nitrogens with zero attached hydrogens (tertiary/aromatic N) is 1. The van der Waals surface area contributed by atoms with Crippen molar-refractivity contribution in [3.63, 3.8) is 0 Å². The van der Waals surface area contributed by atoms with Crippen LogP contribution in [-0.2, 0) is 0 Å². The van der Waals surface area contributed by atoms with Crippen molar-refractivity contribution in [2.24, 2.45) is 0 Å². The highest BCUT2D eigenvalue weighted by atomic mass is 32.2. The van der Waals surface area contributed by atoms with Crippen LogP contribution in [0.4, 0.5) is 5.69 Å². The zero-order valence-corrected chi connectivity index (χ0v) is 11.1. The van der Waals surface area contributed by atoms with Crippen molar-refractivity contribution in [1.29, 1.82) is 0 Å². The first-order chi connectivity index (χ1) is 8.04. The Balaban J connectivity index is 2.34. The number of aryl methyl sites for hydroxylation is 3. The zero-order valence-electron chi connectivity index (χ0n) is 10.3. The van der Waals surface area contributed by atoms with Crippen molar-refractivity contribution >= 4 is 17.4 Å². The standard InChI is InChI=1S/C14H16N2S/c1-9-4-5-12(15)13(7-9)17-14-8-10(2)6-11(3)16-14/h4-8H,15H2,1-3H3. The SMILES string of the molecule is Cc1cc(C)nc(Sc2cc(C)ccc2N)c1. The van der Waals surface area contributed by atoms with E-state index >= 15 is 0 Å². The highest BCUT2D eigenvalue weighted by molar-refractivity contribution is 7.99. The molecule has 1 aromatic carbocycles. The van der Waals surface area contributed by atoms with Gasteiger partial charge in [-0.05, 0) is 56.2 Å². The van der Waals surface area contributed by atoms with Gasteiger partial charge in [-0.15, -0.1) is 0 Å². The molecule has 0 unspecified atom stereocenters. The minimum atomic E-state index is 0.807. The quantitative estimate of drug-likeness (QED) is 0.818. The Kier molecular flexibility index (Phi) is 3.38. The minimum Gasteiger partial charge on any atom is -0.398 e. The van der Waals surface area contributed by atoms with Gasteiger partial charge in [0.25, 0.3) is 0 Å². The topological polar surface area (TPSA) is 38.9 Å². The smallest absolute Gasteiger partial charge is 0.101 e. The van der Waals surface area contributed by atoms with E-state index in [1.165, 1.54) is 11.1 Å². The van der Waals surface area contributed by atoms with E-state index in [0.29, 0.717) is 0 Å². The summed E-state index contributed by atoms with van der Waals surface area (Å²) in [5.74, 6) is 0. The van der Waals surface area contributed by atoms with E-state index < -0.39 is 0 Å². The molecule has 88 valence electrons. The van der Waals surface area contributed by atoms with E-state index in [1.54, 1.807) is 11.8 Å². The highest BCUT2D eigenvalue weighted by Crippen LogP contribution is 2.32. The van der Waals surface area contributed by atoms with Crippen LogP contribution in [0.15, 0.2) is 40.3 Å². The average Bonchev–Trinajstić information content (AvgIpc) is 2.22. The maximum Gasteiger partial charge on any atom is 0.101 e. The molecule has 2 nitrogen and oxygen atoms in total. The lowest BCUT2D eigenvalue weighted by atomic mass is 10.2. The van der Waals surface area contributed by atoms with E-state index in [1.807, 2.05) is 19.1 Å². The molecule has 3 heteroatoms. The van der Waals surface area contributed by atoms with Gasteiger partial charge >= 0.3 is 0 Å². The number of anilines is 1. The minimum absolute atomic E-state index is 0.807. The molecule has 0 bridgehead atoms. The fourth-order valence-corrected chi connectivity index (χ4v) is 2.79. The lowest BCUT2D eigenvalue weighted by Crippen LogP contribution is -1.91. The van der Waals surface area contributed by atoms with E-state index in [2.05, 4.69) is 37.0 Å². The van der Waals surface area contributed by atoms with Crippen molar-refractivity contribution in [1.82, 2.24) is 4.98 Å². The van der Waals surface area contributed by atoms with Gasteiger partial charge in [0.05, 0.1) is 0 Å². The van der Waals surface area contributed by atoms with Crippen molar-refractivity contribution < 1.29 is 0 Å². The molecule has 2 N–H and O–H groups in total. The summed E-state index contributed by atoms with van der Waals surface area (Å²) in [4.78, 5) is 5.58. The van der Waals surface area contributed by atoms with Crippen LogP contribution in [-0.4, -0.2) is 4.98 Å². The van der Waals surface area contributed by atoms with Crippen LogP contribution < -0.4 is 5.73 Å². The third-order valence-corrected chi connectivity index (χ3v) is 3.45. The zero-order chi connectivity index (χ0) is 12.4. The molecule has 2 rings (SSSR count). The first-order valence-electron chi connectivity index (χ1n) is 5.54. The Labute approximate surface area is 106 Å². The van der Waals surface area contributed by atoms with Crippen LogP contribution in [0.1, 0.15) is 16.8 Å². The Morgan fingerprint density at radius 3 is 2.47 bits per heavy atom. The van der Waals surface area contributed by atoms with Crippen LogP contribution in [0.25, 0.3) is 0 Å². The number of hydrogen-bond donors (Lipinski definition) is 1. The summed E-state index contributed by atoms with van der Waals surface area (Å²) in [6.07, 6.45) is 0. The van der Waals surface area contributed by atoms with Gasteiger partial charge in [0.1, 0.15) is 5.03 Å². The van der Waals surface area contributed by atoms with Gasteiger partial charge in [0.15, 0.2) is 0 Å². The van der Waals surface area contributed by atoms with Gasteiger partial charge < -0.3 is 5.73 Å². The number of nitrogen functional groups attached to an aromatic ring is 1. The monoisotopic (exact) mass is 244 g/mol. The van der Waals surface area contributed by atoms with E-state index in [-0.39, 0.29) is 0 Å². The predicted molar refractivity (Wildman–Crippen MR) is 73.4 cm³/mol. The van der Waals surface area contributed by atoms with Gasteiger partial charge in [-0.1, -0.05) is 17.8 Å². The summed E-state index contributed by atoms with van der Waals surface area (Å²) in [5, 5.41) is 1.000. The van der Waals surface area contributed by atoms with Crippen molar-refractivity contribution in [2.45, 2.75) is 30.7 Å². The summed E-state index contributed by atoms with van der Waals surface area (Å²) in [6.45, 7) is 6.16. The van der Waals surface area contributed by atoms with E-state index in [9.17, 15) is 0 Å². The third-order valence-electron chi connectivity index (χ3n) is 2.46. The van der Waals surface area contributed by atoms with E-state index in [0.717, 1.165) is 21.3 Å². The first-order valence-corrected chi connectivity index (χ1v) is 6.35. The second kappa shape index (κ2) is 4.80. The lowest BCUT2D eigenvalue weighted by molar-refractivity contribution is 1.05. The molecule has 1 aromatic heterocycles. The molecule has 1 heterocycles. The molecule has 0 aliphatic heterocycles. The third kappa shape index (κ3) is 3.01. The van der Waals surface area contributed by atoms with Gasteiger partial charge in [0.2, 0.25) is 0 Å². The second-order valence-electron chi connectivity index (χ2n) is 4.27. The Bertz CT molecular complexity index is 530. The molecule has 0 radical (unpaired) electrons. The number of pyridine rings is 1. The van der Waals surface area contributed by atoms with Crippen molar-refractivity contribution in [2.75, 3.05) is 5.73 Å². The highest BCUT2D eigenvalue weighted by Gasteiger charge is 2.04. The summed E-state index contributed by atoms with van der Waals surface area (Å²) < 4.78 is 0. The fourth-order valence-electron chi connectivity index (χ4n) is 1.70. The largest absolute Gasteiger partial charge is 0.398 e. The van der Waals surface area contributed by atoms with Gasteiger partial charge in [-0.2, -0.15) is 0 Å². The fraction of sp³-hybridized carbons (Fsp3) is 0.214. The number of rotatable bonds is 2. The van der Waals surface area contributed by atoms with Crippen LogP contribution in [0.3, 0.4) is 0 Å². The molecule has 0 saturated carbocycles. The molecule has 2 aromatic rings. The molecule has 0 amide bonds. The molecule has 0 aliphatic carbocycles. The van der Waals surface area contributed by atoms with Crippen LogP contribution >= 0.6 is 11.8 Å². The number of hydrogen-bond acceptors (Lipinski definition) is 3. The van der Waals surface area contributed by atoms with Crippen LogP contribution in [0.5, 0.6) is 0 Å². The molecule has 0 fully saturated rings. The molecule has 0 aliphatic rings. The molecular formula is C14H16N2S. The van der Waals surface area contributed by atoms with Crippen LogP contribution in [0.2, 0.25) is 0 Å². The number of nitrogens with two attached hydrogens (primary N) is 1. The van der Waals surface area contributed by atoms with E-state index in [4.69, 9.17) is 5.73 Å². The molecule has 0 saturated heterocycles. The summed E-state index contributed by atoms with van der Waals surface area (Å²) in [6, 6.07) is 10.2. The Morgan fingerprint density at radius 1 is 1.00 bits per heavy atom. The number of aromatic nitrogens is 1. The van der Waals surface area contributed by atoms with Gasteiger partial charge in [-0.3, -0.25) is 0 Å². The maximum absolute atomic E-state index is 5.96. The summed E-state index contributed by atoms with van der Waals surface area (Å²) >= 11 is 1.62. The average molecular weight is 244 g/mol.